The van der Waals surface area contributed by atoms with Crippen LogP contribution in [0.2, 0.25) is 0 Å². The van der Waals surface area contributed by atoms with Crippen molar-refractivity contribution in [2.24, 2.45) is 11.7 Å². The molecule has 0 heterocycles. The van der Waals surface area contributed by atoms with Crippen molar-refractivity contribution in [2.75, 3.05) is 6.54 Å². The predicted octanol–water partition coefficient (Wildman–Crippen LogP) is 1.60. The van der Waals surface area contributed by atoms with Crippen LogP contribution in [-0.4, -0.2) is 21.9 Å². The third-order valence-electron chi connectivity index (χ3n) is 1.57. The number of hydrogen-bond acceptors (Lipinski definition) is 2. The van der Waals surface area contributed by atoms with Crippen molar-refractivity contribution in [3.63, 3.8) is 0 Å². The zero-order chi connectivity index (χ0) is 9.78. The first-order chi connectivity index (χ1) is 5.35. The van der Waals surface area contributed by atoms with Crippen LogP contribution in [-0.2, 0) is 4.79 Å². The van der Waals surface area contributed by atoms with Gasteiger partial charge in [0.25, 0.3) is 0 Å². The van der Waals surface area contributed by atoms with E-state index in [1.165, 1.54) is 0 Å². The molecule has 0 aromatic carbocycles. The van der Waals surface area contributed by atoms with E-state index in [-0.39, 0.29) is 16.7 Å². The minimum Gasteiger partial charge on any atom is -0.481 e. The molecule has 4 heteroatoms. The van der Waals surface area contributed by atoms with Crippen LogP contribution in [0.4, 0.5) is 0 Å². The van der Waals surface area contributed by atoms with Gasteiger partial charge in [0.05, 0.1) is 0 Å². The van der Waals surface area contributed by atoms with Crippen LogP contribution in [0.25, 0.3) is 0 Å². The second kappa shape index (κ2) is 4.82. The maximum Gasteiger partial charge on any atom is 0.303 e. The van der Waals surface area contributed by atoms with Crippen molar-refractivity contribution in [3.8, 4) is 0 Å². The fourth-order valence-electron chi connectivity index (χ4n) is 1.17. The van der Waals surface area contributed by atoms with Gasteiger partial charge in [-0.2, -0.15) is 0 Å². The molecule has 0 aliphatic rings. The Kier molecular flexibility index (Phi) is 4.78. The summed E-state index contributed by atoms with van der Waals surface area (Å²) in [5.41, 5.74) is 5.44. The molecular formula is C8H16BrNO2. The molecule has 72 valence electrons. The van der Waals surface area contributed by atoms with E-state index >= 15 is 0 Å². The molecule has 0 rings (SSSR count). The topological polar surface area (TPSA) is 63.3 Å². The molecule has 0 saturated carbocycles. The van der Waals surface area contributed by atoms with Crippen LogP contribution in [0, 0.1) is 5.92 Å². The van der Waals surface area contributed by atoms with Crippen LogP contribution in [0.3, 0.4) is 0 Å². The zero-order valence-electron chi connectivity index (χ0n) is 7.51. The normalized spacial score (nSPS) is 14.3. The molecule has 3 nitrogen and oxygen atoms in total. The first-order valence-electron chi connectivity index (χ1n) is 3.96. The highest BCUT2D eigenvalue weighted by molar-refractivity contribution is 9.10. The summed E-state index contributed by atoms with van der Waals surface area (Å²) in [5, 5.41) is 8.54. The summed E-state index contributed by atoms with van der Waals surface area (Å²) < 4.78 is -0.0213. The standard InChI is InChI=1S/C8H16BrNO2/c1-8(2,9)4-6(5-10)3-7(11)12/h6H,3-5,10H2,1-2H3,(H,11,12)/t6-/m1/s1. The van der Waals surface area contributed by atoms with E-state index in [0.29, 0.717) is 6.54 Å². The minimum absolute atomic E-state index is 0.0213. The van der Waals surface area contributed by atoms with Gasteiger partial charge in [-0.25, -0.2) is 0 Å². The number of halogens is 1. The van der Waals surface area contributed by atoms with Gasteiger partial charge >= 0.3 is 5.97 Å². The summed E-state index contributed by atoms with van der Waals surface area (Å²) in [6, 6.07) is 0. The highest BCUT2D eigenvalue weighted by atomic mass is 79.9. The Morgan fingerprint density at radius 2 is 2.17 bits per heavy atom. The van der Waals surface area contributed by atoms with E-state index in [4.69, 9.17) is 10.8 Å². The lowest BCUT2D eigenvalue weighted by Gasteiger charge is -2.21. The Morgan fingerprint density at radius 3 is 2.42 bits per heavy atom. The molecule has 0 aliphatic carbocycles. The number of carbonyl (C=O) groups is 1. The van der Waals surface area contributed by atoms with Crippen molar-refractivity contribution in [2.45, 2.75) is 31.0 Å². The molecule has 0 unspecified atom stereocenters. The van der Waals surface area contributed by atoms with Gasteiger partial charge in [0, 0.05) is 10.7 Å². The third-order valence-corrected chi connectivity index (χ3v) is 1.89. The Labute approximate surface area is 81.5 Å². The average Bonchev–Trinajstić information content (AvgIpc) is 1.82. The van der Waals surface area contributed by atoms with Crippen LogP contribution in [0.5, 0.6) is 0 Å². The summed E-state index contributed by atoms with van der Waals surface area (Å²) in [7, 11) is 0. The fourth-order valence-corrected chi connectivity index (χ4v) is 1.63. The molecule has 1 atom stereocenters. The Morgan fingerprint density at radius 1 is 1.67 bits per heavy atom. The summed E-state index contributed by atoms with van der Waals surface area (Å²) in [6.45, 7) is 4.45. The number of nitrogens with two attached hydrogens (primary N) is 1. The lowest BCUT2D eigenvalue weighted by molar-refractivity contribution is -0.138. The molecule has 0 spiro atoms. The van der Waals surface area contributed by atoms with Crippen molar-refractivity contribution >= 4 is 21.9 Å². The molecule has 0 bridgehead atoms. The lowest BCUT2D eigenvalue weighted by atomic mass is 9.94. The summed E-state index contributed by atoms with van der Waals surface area (Å²) in [5.74, 6) is -0.709. The summed E-state index contributed by atoms with van der Waals surface area (Å²) in [6.07, 6.45) is 0.946. The van der Waals surface area contributed by atoms with Gasteiger partial charge in [0.2, 0.25) is 0 Å². The smallest absolute Gasteiger partial charge is 0.303 e. The second-order valence-corrected chi connectivity index (χ2v) is 5.77. The van der Waals surface area contributed by atoms with Gasteiger partial charge in [0.15, 0.2) is 0 Å². The van der Waals surface area contributed by atoms with Crippen LogP contribution in [0.15, 0.2) is 0 Å². The van der Waals surface area contributed by atoms with Gasteiger partial charge < -0.3 is 10.8 Å². The Hall–Kier alpha value is -0.0900. The molecule has 0 aromatic heterocycles. The zero-order valence-corrected chi connectivity index (χ0v) is 9.10. The summed E-state index contributed by atoms with van der Waals surface area (Å²) >= 11 is 3.46. The number of alkyl halides is 1. The first kappa shape index (κ1) is 11.9. The van der Waals surface area contributed by atoms with Gasteiger partial charge in [-0.05, 0) is 18.9 Å². The maximum absolute atomic E-state index is 10.4. The van der Waals surface area contributed by atoms with E-state index in [1.807, 2.05) is 13.8 Å². The second-order valence-electron chi connectivity index (χ2n) is 3.62. The quantitative estimate of drug-likeness (QED) is 0.715. The van der Waals surface area contributed by atoms with Gasteiger partial charge in [0.1, 0.15) is 0 Å². The van der Waals surface area contributed by atoms with Crippen LogP contribution in [0.1, 0.15) is 26.7 Å². The number of hydrogen-bond donors (Lipinski definition) is 2. The van der Waals surface area contributed by atoms with E-state index in [1.54, 1.807) is 0 Å². The number of aliphatic carboxylic acids is 1. The molecule has 0 aliphatic heterocycles. The molecular weight excluding hydrogens is 222 g/mol. The molecule has 0 aromatic rings. The van der Waals surface area contributed by atoms with Gasteiger partial charge in [-0.1, -0.05) is 29.8 Å². The van der Waals surface area contributed by atoms with E-state index < -0.39 is 5.97 Å². The first-order valence-corrected chi connectivity index (χ1v) is 4.75. The number of rotatable bonds is 5. The van der Waals surface area contributed by atoms with E-state index in [9.17, 15) is 4.79 Å². The van der Waals surface area contributed by atoms with Gasteiger partial charge in [-0.15, -0.1) is 0 Å². The molecule has 0 radical (unpaired) electrons. The van der Waals surface area contributed by atoms with Crippen molar-refractivity contribution in [3.05, 3.63) is 0 Å². The fraction of sp³-hybridized carbons (Fsp3) is 0.875. The molecule has 0 fully saturated rings. The number of carboxylic acids is 1. The molecule has 12 heavy (non-hydrogen) atoms. The monoisotopic (exact) mass is 237 g/mol. The van der Waals surface area contributed by atoms with Crippen LogP contribution >= 0.6 is 15.9 Å². The Balaban J connectivity index is 3.92. The molecule has 3 N–H and O–H groups in total. The lowest BCUT2D eigenvalue weighted by Crippen LogP contribution is -2.25. The van der Waals surface area contributed by atoms with E-state index in [0.717, 1.165) is 6.42 Å². The summed E-state index contributed by atoms with van der Waals surface area (Å²) in [4.78, 5) is 10.4. The highest BCUT2D eigenvalue weighted by Gasteiger charge is 2.21. The van der Waals surface area contributed by atoms with Crippen molar-refractivity contribution in [1.29, 1.82) is 0 Å². The molecule has 0 amide bonds. The van der Waals surface area contributed by atoms with Crippen molar-refractivity contribution < 1.29 is 9.90 Å². The highest BCUT2D eigenvalue weighted by Crippen LogP contribution is 2.26. The van der Waals surface area contributed by atoms with Gasteiger partial charge in [-0.3, -0.25) is 4.79 Å². The Bertz CT molecular complexity index is 154. The minimum atomic E-state index is -0.776. The van der Waals surface area contributed by atoms with Crippen LogP contribution < -0.4 is 5.73 Å². The van der Waals surface area contributed by atoms with Crippen molar-refractivity contribution in [1.82, 2.24) is 0 Å². The maximum atomic E-state index is 10.4. The SMILES string of the molecule is CC(C)(Br)C[C@H](CN)CC(=O)O. The predicted molar refractivity (Wildman–Crippen MR) is 52.4 cm³/mol. The third kappa shape index (κ3) is 6.61. The average molecular weight is 238 g/mol. The largest absolute Gasteiger partial charge is 0.481 e. The molecule has 0 saturated heterocycles. The number of carboxylic acid groups (broad SMARTS) is 1. The van der Waals surface area contributed by atoms with E-state index in [2.05, 4.69) is 15.9 Å².